The quantitative estimate of drug-likeness (QED) is 0.598. The lowest BCUT2D eigenvalue weighted by Gasteiger charge is -2.34. The summed E-state index contributed by atoms with van der Waals surface area (Å²) < 4.78 is 0.925. The zero-order valence-corrected chi connectivity index (χ0v) is 14.6. The summed E-state index contributed by atoms with van der Waals surface area (Å²) in [6.07, 6.45) is 3.89. The summed E-state index contributed by atoms with van der Waals surface area (Å²) in [6.45, 7) is 2.18. The maximum atomic E-state index is 12.6. The summed E-state index contributed by atoms with van der Waals surface area (Å²) in [5.41, 5.74) is 0.821. The average molecular weight is 379 g/mol. The molecule has 1 aromatic carbocycles. The van der Waals surface area contributed by atoms with Crippen LogP contribution in [-0.2, 0) is 16.1 Å². The van der Waals surface area contributed by atoms with Crippen molar-refractivity contribution in [1.29, 1.82) is 0 Å². The van der Waals surface area contributed by atoms with Crippen molar-refractivity contribution in [3.05, 3.63) is 34.3 Å². The van der Waals surface area contributed by atoms with Gasteiger partial charge in [-0.15, -0.1) is 0 Å². The Labute approximate surface area is 143 Å². The van der Waals surface area contributed by atoms with Gasteiger partial charge in [-0.1, -0.05) is 47.8 Å². The van der Waals surface area contributed by atoms with E-state index in [2.05, 4.69) is 15.9 Å². The standard InChI is InChI=1S/C17H19BrN2O3/c1-11-4-2-3-5-14(11)20-16(22)15(21)19(17(20)23)10-12-6-8-13(18)9-7-12/h6-9,11,14H,2-5,10H2,1H3/t11-,14+/m0/s1. The minimum atomic E-state index is -0.712. The number of carbonyl (C=O) groups excluding carboxylic acids is 3. The van der Waals surface area contributed by atoms with Crippen molar-refractivity contribution in [2.24, 2.45) is 5.92 Å². The molecular weight excluding hydrogens is 360 g/mol. The first-order valence-electron chi connectivity index (χ1n) is 7.92. The minimum absolute atomic E-state index is 0.133. The van der Waals surface area contributed by atoms with E-state index < -0.39 is 17.8 Å². The van der Waals surface area contributed by atoms with Gasteiger partial charge in [0.15, 0.2) is 0 Å². The number of hydrogen-bond acceptors (Lipinski definition) is 3. The van der Waals surface area contributed by atoms with Gasteiger partial charge in [0.05, 0.1) is 6.54 Å². The van der Waals surface area contributed by atoms with Crippen LogP contribution in [0.25, 0.3) is 0 Å². The van der Waals surface area contributed by atoms with E-state index in [0.29, 0.717) is 0 Å². The summed E-state index contributed by atoms with van der Waals surface area (Å²) in [5.74, 6) is -1.14. The number of halogens is 1. The molecule has 23 heavy (non-hydrogen) atoms. The molecule has 0 aromatic heterocycles. The smallest absolute Gasteiger partial charge is 0.263 e. The highest BCUT2D eigenvalue weighted by Gasteiger charge is 2.48. The largest absolute Gasteiger partial charge is 0.334 e. The summed E-state index contributed by atoms with van der Waals surface area (Å²) in [4.78, 5) is 39.5. The van der Waals surface area contributed by atoms with Gasteiger partial charge in [-0.05, 0) is 36.5 Å². The molecular formula is C17H19BrN2O3. The van der Waals surface area contributed by atoms with Crippen LogP contribution >= 0.6 is 15.9 Å². The second kappa shape index (κ2) is 6.43. The molecule has 0 spiro atoms. The average Bonchev–Trinajstić information content (AvgIpc) is 2.74. The van der Waals surface area contributed by atoms with E-state index in [-0.39, 0.29) is 18.5 Å². The van der Waals surface area contributed by atoms with E-state index in [9.17, 15) is 14.4 Å². The third-order valence-corrected chi connectivity index (χ3v) is 5.26. The van der Waals surface area contributed by atoms with Crippen LogP contribution in [0.2, 0.25) is 0 Å². The van der Waals surface area contributed by atoms with E-state index in [0.717, 1.165) is 40.6 Å². The van der Waals surface area contributed by atoms with Gasteiger partial charge < -0.3 is 0 Å². The van der Waals surface area contributed by atoms with Crippen molar-refractivity contribution >= 4 is 33.8 Å². The lowest BCUT2D eigenvalue weighted by atomic mass is 9.85. The van der Waals surface area contributed by atoms with Gasteiger partial charge in [0, 0.05) is 10.5 Å². The molecule has 2 atom stereocenters. The van der Waals surface area contributed by atoms with Crippen LogP contribution in [0.15, 0.2) is 28.7 Å². The number of urea groups is 1. The fourth-order valence-electron chi connectivity index (χ4n) is 3.41. The summed E-state index contributed by atoms with van der Waals surface area (Å²) in [7, 11) is 0. The van der Waals surface area contributed by atoms with Crippen molar-refractivity contribution in [3.8, 4) is 0 Å². The third-order valence-electron chi connectivity index (χ3n) is 4.74. The third kappa shape index (κ3) is 3.04. The molecule has 0 unspecified atom stereocenters. The number of benzene rings is 1. The molecule has 122 valence electrons. The number of rotatable bonds is 3. The van der Waals surface area contributed by atoms with Crippen LogP contribution in [0.3, 0.4) is 0 Å². The monoisotopic (exact) mass is 378 g/mol. The van der Waals surface area contributed by atoms with Gasteiger partial charge in [-0.2, -0.15) is 0 Å². The Morgan fingerprint density at radius 2 is 1.70 bits per heavy atom. The lowest BCUT2D eigenvalue weighted by molar-refractivity contribution is -0.144. The Bertz CT molecular complexity index is 644. The van der Waals surface area contributed by atoms with Gasteiger partial charge >= 0.3 is 17.8 Å². The number of imide groups is 2. The number of amides is 4. The molecule has 1 aliphatic heterocycles. The molecule has 3 rings (SSSR count). The van der Waals surface area contributed by atoms with Crippen molar-refractivity contribution in [1.82, 2.24) is 9.80 Å². The van der Waals surface area contributed by atoms with Gasteiger partial charge in [0.1, 0.15) is 0 Å². The summed E-state index contributed by atoms with van der Waals surface area (Å²) >= 11 is 3.35. The van der Waals surface area contributed by atoms with Crippen LogP contribution in [-0.4, -0.2) is 33.7 Å². The van der Waals surface area contributed by atoms with E-state index in [1.165, 1.54) is 4.90 Å². The number of carbonyl (C=O) groups is 3. The van der Waals surface area contributed by atoms with E-state index in [1.807, 2.05) is 31.2 Å². The summed E-state index contributed by atoms with van der Waals surface area (Å²) in [5, 5.41) is 0. The molecule has 1 saturated heterocycles. The van der Waals surface area contributed by atoms with Crippen LogP contribution in [0.1, 0.15) is 38.2 Å². The Morgan fingerprint density at radius 1 is 1.04 bits per heavy atom. The van der Waals surface area contributed by atoms with E-state index in [4.69, 9.17) is 0 Å². The molecule has 1 saturated carbocycles. The first-order chi connectivity index (χ1) is 11.0. The number of nitrogens with zero attached hydrogens (tertiary/aromatic N) is 2. The van der Waals surface area contributed by atoms with E-state index in [1.54, 1.807) is 0 Å². The van der Waals surface area contributed by atoms with Crippen LogP contribution in [0.5, 0.6) is 0 Å². The summed E-state index contributed by atoms with van der Waals surface area (Å²) in [6, 6.07) is 6.75. The Hall–Kier alpha value is -1.69. The molecule has 5 nitrogen and oxygen atoms in total. The van der Waals surface area contributed by atoms with Crippen LogP contribution < -0.4 is 0 Å². The molecule has 0 N–H and O–H groups in total. The van der Waals surface area contributed by atoms with Crippen molar-refractivity contribution in [3.63, 3.8) is 0 Å². The highest BCUT2D eigenvalue weighted by molar-refractivity contribution is 9.10. The van der Waals surface area contributed by atoms with E-state index >= 15 is 0 Å². The Balaban J connectivity index is 1.80. The first-order valence-corrected chi connectivity index (χ1v) is 8.72. The molecule has 6 heteroatoms. The maximum Gasteiger partial charge on any atom is 0.334 e. The highest BCUT2D eigenvalue weighted by Crippen LogP contribution is 2.31. The second-order valence-electron chi connectivity index (χ2n) is 6.30. The first kappa shape index (κ1) is 16.2. The highest BCUT2D eigenvalue weighted by atomic mass is 79.9. The minimum Gasteiger partial charge on any atom is -0.263 e. The van der Waals surface area contributed by atoms with Gasteiger partial charge in [0.25, 0.3) is 0 Å². The van der Waals surface area contributed by atoms with Gasteiger partial charge in [0.2, 0.25) is 0 Å². The van der Waals surface area contributed by atoms with Gasteiger partial charge in [-0.25, -0.2) is 4.79 Å². The zero-order chi connectivity index (χ0) is 16.6. The SMILES string of the molecule is C[C@H]1CCCC[C@H]1N1C(=O)C(=O)N(Cc2ccc(Br)cc2)C1=O. The zero-order valence-electron chi connectivity index (χ0n) is 13.0. The Kier molecular flexibility index (Phi) is 4.53. The van der Waals surface area contributed by atoms with Gasteiger partial charge in [-0.3, -0.25) is 19.4 Å². The van der Waals surface area contributed by atoms with Crippen LogP contribution in [0, 0.1) is 5.92 Å². The number of hydrogen-bond donors (Lipinski definition) is 0. The molecule has 2 aliphatic rings. The van der Waals surface area contributed by atoms with Crippen LogP contribution in [0.4, 0.5) is 4.79 Å². The predicted octanol–water partition coefficient (Wildman–Crippen LogP) is 3.32. The fraction of sp³-hybridized carbons (Fsp3) is 0.471. The molecule has 1 aromatic rings. The lowest BCUT2D eigenvalue weighted by Crippen LogP contribution is -2.46. The molecule has 0 bridgehead atoms. The topological polar surface area (TPSA) is 57.7 Å². The van der Waals surface area contributed by atoms with Crippen molar-refractivity contribution < 1.29 is 14.4 Å². The molecule has 4 amide bonds. The molecule has 0 radical (unpaired) electrons. The fourth-order valence-corrected chi connectivity index (χ4v) is 3.67. The molecule has 1 aliphatic carbocycles. The van der Waals surface area contributed by atoms with Crippen molar-refractivity contribution in [2.45, 2.75) is 45.2 Å². The molecule has 1 heterocycles. The maximum absolute atomic E-state index is 12.6. The van der Waals surface area contributed by atoms with Crippen molar-refractivity contribution in [2.75, 3.05) is 0 Å². The Morgan fingerprint density at radius 3 is 2.35 bits per heavy atom. The molecule has 2 fully saturated rings. The normalized spacial score (nSPS) is 25.4. The predicted molar refractivity (Wildman–Crippen MR) is 88.4 cm³/mol. The second-order valence-corrected chi connectivity index (χ2v) is 7.22.